The van der Waals surface area contributed by atoms with Gasteiger partial charge in [0.15, 0.2) is 0 Å². The molecule has 1 aromatic carbocycles. The smallest absolute Gasteiger partial charge is 0.141 e. The lowest BCUT2D eigenvalue weighted by Crippen LogP contribution is -2.28. The van der Waals surface area contributed by atoms with Crippen molar-refractivity contribution in [2.45, 2.75) is 25.8 Å². The van der Waals surface area contributed by atoms with E-state index in [9.17, 15) is 0 Å². The maximum atomic E-state index is 5.58. The Morgan fingerprint density at radius 3 is 2.53 bits per heavy atom. The highest BCUT2D eigenvalue weighted by molar-refractivity contribution is 9.10. The van der Waals surface area contributed by atoms with Crippen LogP contribution in [0.2, 0.25) is 0 Å². The van der Waals surface area contributed by atoms with Crippen molar-refractivity contribution >= 4 is 15.9 Å². The van der Waals surface area contributed by atoms with E-state index in [4.69, 9.17) is 15.3 Å². The fourth-order valence-corrected chi connectivity index (χ4v) is 2.49. The fraction of sp³-hybridized carbons (Fsp3) is 0.500. The topological polar surface area (TPSA) is 56.5 Å². The molecule has 0 aromatic heterocycles. The quantitative estimate of drug-likeness (QED) is 0.627. The van der Waals surface area contributed by atoms with Gasteiger partial charge in [-0.15, -0.1) is 0 Å². The Morgan fingerprint density at radius 2 is 2.06 bits per heavy atom. The SMILES string of the molecule is CCCC(NN)c1ccc(OC)c(Br)c1OC. The Hall–Kier alpha value is -0.780. The lowest BCUT2D eigenvalue weighted by atomic mass is 10.0. The van der Waals surface area contributed by atoms with E-state index >= 15 is 0 Å². The van der Waals surface area contributed by atoms with E-state index in [0.717, 1.165) is 34.4 Å². The summed E-state index contributed by atoms with van der Waals surface area (Å²) in [7, 11) is 3.27. The number of hydrogen-bond donors (Lipinski definition) is 2. The largest absolute Gasteiger partial charge is 0.495 e. The molecule has 96 valence electrons. The zero-order valence-corrected chi connectivity index (χ0v) is 12.0. The van der Waals surface area contributed by atoms with Gasteiger partial charge >= 0.3 is 0 Å². The van der Waals surface area contributed by atoms with Crippen molar-refractivity contribution in [2.24, 2.45) is 5.84 Å². The second-order valence-electron chi connectivity index (χ2n) is 3.71. The number of benzene rings is 1. The minimum atomic E-state index is 0.0807. The molecule has 0 spiro atoms. The third kappa shape index (κ3) is 3.12. The molecule has 0 aliphatic carbocycles. The molecule has 0 aliphatic heterocycles. The van der Waals surface area contributed by atoms with Crippen molar-refractivity contribution in [1.82, 2.24) is 5.43 Å². The minimum absolute atomic E-state index is 0.0807. The average Bonchev–Trinajstić information content (AvgIpc) is 2.35. The van der Waals surface area contributed by atoms with E-state index in [1.54, 1.807) is 14.2 Å². The molecule has 0 fully saturated rings. The zero-order valence-electron chi connectivity index (χ0n) is 10.4. The Bertz CT molecular complexity index is 372. The molecule has 0 heterocycles. The van der Waals surface area contributed by atoms with Crippen LogP contribution in [0, 0.1) is 0 Å². The van der Waals surface area contributed by atoms with Crippen molar-refractivity contribution in [2.75, 3.05) is 14.2 Å². The first-order valence-corrected chi connectivity index (χ1v) is 6.35. The van der Waals surface area contributed by atoms with E-state index in [2.05, 4.69) is 28.3 Å². The molecule has 5 heteroatoms. The minimum Gasteiger partial charge on any atom is -0.495 e. The molecule has 3 N–H and O–H groups in total. The zero-order chi connectivity index (χ0) is 12.8. The van der Waals surface area contributed by atoms with Crippen molar-refractivity contribution in [1.29, 1.82) is 0 Å². The third-order valence-electron chi connectivity index (χ3n) is 2.67. The summed E-state index contributed by atoms with van der Waals surface area (Å²) in [5.41, 5.74) is 3.85. The highest BCUT2D eigenvalue weighted by atomic mass is 79.9. The lowest BCUT2D eigenvalue weighted by molar-refractivity contribution is 0.377. The predicted molar refractivity (Wildman–Crippen MR) is 72.2 cm³/mol. The van der Waals surface area contributed by atoms with Crippen molar-refractivity contribution < 1.29 is 9.47 Å². The first-order valence-electron chi connectivity index (χ1n) is 5.56. The average molecular weight is 303 g/mol. The maximum Gasteiger partial charge on any atom is 0.141 e. The van der Waals surface area contributed by atoms with Gasteiger partial charge in [0.05, 0.1) is 14.2 Å². The van der Waals surface area contributed by atoms with Gasteiger partial charge in [-0.05, 0) is 34.5 Å². The Balaban J connectivity index is 3.18. The van der Waals surface area contributed by atoms with Crippen LogP contribution in [-0.2, 0) is 0 Å². The van der Waals surface area contributed by atoms with E-state index < -0.39 is 0 Å². The molecule has 1 rings (SSSR count). The number of nitrogens with two attached hydrogens (primary N) is 1. The first-order chi connectivity index (χ1) is 8.19. The van der Waals surface area contributed by atoms with Crippen molar-refractivity contribution in [3.05, 3.63) is 22.2 Å². The van der Waals surface area contributed by atoms with Gasteiger partial charge in [-0.1, -0.05) is 13.3 Å². The molecular formula is C12H19BrN2O2. The summed E-state index contributed by atoms with van der Waals surface area (Å²) in [6, 6.07) is 3.96. The van der Waals surface area contributed by atoms with Crippen LogP contribution in [-0.4, -0.2) is 14.2 Å². The summed E-state index contributed by atoms with van der Waals surface area (Å²) in [6.45, 7) is 2.12. The Labute approximate surface area is 111 Å². The molecule has 17 heavy (non-hydrogen) atoms. The summed E-state index contributed by atoms with van der Waals surface area (Å²) in [4.78, 5) is 0. The van der Waals surface area contributed by atoms with Gasteiger partial charge in [-0.2, -0.15) is 0 Å². The molecule has 0 radical (unpaired) electrons. The van der Waals surface area contributed by atoms with Gasteiger partial charge in [0.2, 0.25) is 0 Å². The van der Waals surface area contributed by atoms with E-state index in [0.29, 0.717) is 0 Å². The normalized spacial score (nSPS) is 12.3. The van der Waals surface area contributed by atoms with Crippen LogP contribution in [0.4, 0.5) is 0 Å². The number of hydrazine groups is 1. The molecule has 1 atom stereocenters. The van der Waals surface area contributed by atoms with Crippen LogP contribution in [0.25, 0.3) is 0 Å². The molecule has 0 aliphatic rings. The summed E-state index contributed by atoms with van der Waals surface area (Å²) >= 11 is 3.48. The second-order valence-corrected chi connectivity index (χ2v) is 4.51. The van der Waals surface area contributed by atoms with Crippen LogP contribution in [0.15, 0.2) is 16.6 Å². The third-order valence-corrected chi connectivity index (χ3v) is 3.42. The second kappa shape index (κ2) is 6.83. The van der Waals surface area contributed by atoms with E-state index in [1.165, 1.54) is 0 Å². The highest BCUT2D eigenvalue weighted by Gasteiger charge is 2.18. The molecule has 1 unspecified atom stereocenters. The van der Waals surface area contributed by atoms with Crippen molar-refractivity contribution in [3.8, 4) is 11.5 Å². The fourth-order valence-electron chi connectivity index (χ4n) is 1.81. The summed E-state index contributed by atoms with van der Waals surface area (Å²) in [6.07, 6.45) is 1.99. The van der Waals surface area contributed by atoms with Crippen LogP contribution in [0.1, 0.15) is 31.4 Å². The number of rotatable bonds is 6. The van der Waals surface area contributed by atoms with Gasteiger partial charge in [0.25, 0.3) is 0 Å². The van der Waals surface area contributed by atoms with Gasteiger partial charge in [-0.3, -0.25) is 11.3 Å². The number of hydrogen-bond acceptors (Lipinski definition) is 4. The lowest BCUT2D eigenvalue weighted by Gasteiger charge is -2.20. The predicted octanol–water partition coefficient (Wildman–Crippen LogP) is 2.77. The molecular weight excluding hydrogens is 284 g/mol. The van der Waals surface area contributed by atoms with E-state index in [1.807, 2.05) is 12.1 Å². The van der Waals surface area contributed by atoms with Gasteiger partial charge in [0.1, 0.15) is 16.0 Å². The monoisotopic (exact) mass is 302 g/mol. The van der Waals surface area contributed by atoms with Crippen LogP contribution in [0.5, 0.6) is 11.5 Å². The van der Waals surface area contributed by atoms with E-state index in [-0.39, 0.29) is 6.04 Å². The number of ether oxygens (including phenoxy) is 2. The van der Waals surface area contributed by atoms with Crippen molar-refractivity contribution in [3.63, 3.8) is 0 Å². The number of methoxy groups -OCH3 is 2. The van der Waals surface area contributed by atoms with Gasteiger partial charge in [0, 0.05) is 11.6 Å². The van der Waals surface area contributed by atoms with Crippen LogP contribution >= 0.6 is 15.9 Å². The molecule has 4 nitrogen and oxygen atoms in total. The maximum absolute atomic E-state index is 5.58. The Kier molecular flexibility index (Phi) is 5.74. The summed E-state index contributed by atoms with van der Waals surface area (Å²) in [5.74, 6) is 7.10. The molecule has 0 bridgehead atoms. The number of nitrogens with one attached hydrogen (secondary N) is 1. The van der Waals surface area contributed by atoms with Crippen LogP contribution < -0.4 is 20.7 Å². The highest BCUT2D eigenvalue weighted by Crippen LogP contribution is 2.40. The van der Waals surface area contributed by atoms with Crippen LogP contribution in [0.3, 0.4) is 0 Å². The first kappa shape index (κ1) is 14.3. The van der Waals surface area contributed by atoms with Gasteiger partial charge in [-0.25, -0.2) is 0 Å². The molecule has 0 saturated heterocycles. The Morgan fingerprint density at radius 1 is 1.35 bits per heavy atom. The van der Waals surface area contributed by atoms with Gasteiger partial charge < -0.3 is 9.47 Å². The summed E-state index contributed by atoms with van der Waals surface area (Å²) < 4.78 is 11.5. The standard InChI is InChI=1S/C12H19BrN2O2/c1-4-5-9(15-14)8-6-7-10(16-2)11(13)12(8)17-3/h6-7,9,15H,4-5,14H2,1-3H3. The number of halogens is 1. The summed E-state index contributed by atoms with van der Waals surface area (Å²) in [5, 5.41) is 0. The molecule has 0 saturated carbocycles. The molecule has 1 aromatic rings. The molecule has 0 amide bonds.